The van der Waals surface area contributed by atoms with E-state index in [1.807, 2.05) is 0 Å². The van der Waals surface area contributed by atoms with Crippen molar-refractivity contribution >= 4 is 6.03 Å². The fourth-order valence-electron chi connectivity index (χ4n) is 2.30. The van der Waals surface area contributed by atoms with Gasteiger partial charge in [0, 0.05) is 31.9 Å². The van der Waals surface area contributed by atoms with Crippen molar-refractivity contribution in [2.45, 2.75) is 32.5 Å². The number of pyridine rings is 1. The standard InChI is InChI=1S/C15H20F3N3O2/c1-11-3-6-21(7-4-11)14(22)20-9-12-2-5-19-13(8-12)23-10-15(16,17)18/h2,5,8,11H,3-4,6-7,9-10H2,1H3,(H,20,22). The minimum Gasteiger partial charge on any atom is -0.468 e. The van der Waals surface area contributed by atoms with E-state index in [0.717, 1.165) is 25.9 Å². The van der Waals surface area contributed by atoms with E-state index in [1.54, 1.807) is 11.0 Å². The van der Waals surface area contributed by atoms with Crippen molar-refractivity contribution in [2.75, 3.05) is 19.7 Å². The highest BCUT2D eigenvalue weighted by atomic mass is 19.4. The minimum absolute atomic E-state index is 0.110. The number of nitrogens with one attached hydrogen (secondary N) is 1. The fraction of sp³-hybridized carbons (Fsp3) is 0.600. The normalized spacial score (nSPS) is 16.3. The van der Waals surface area contributed by atoms with Gasteiger partial charge in [-0.15, -0.1) is 0 Å². The lowest BCUT2D eigenvalue weighted by atomic mass is 10.00. The van der Waals surface area contributed by atoms with Crippen LogP contribution in [0.15, 0.2) is 18.3 Å². The van der Waals surface area contributed by atoms with E-state index >= 15 is 0 Å². The van der Waals surface area contributed by atoms with Crippen LogP contribution < -0.4 is 10.1 Å². The average molecular weight is 331 g/mol. The molecular formula is C15H20F3N3O2. The zero-order valence-corrected chi connectivity index (χ0v) is 12.9. The number of aromatic nitrogens is 1. The summed E-state index contributed by atoms with van der Waals surface area (Å²) in [5, 5.41) is 2.76. The third-order valence-corrected chi connectivity index (χ3v) is 3.70. The Balaban J connectivity index is 1.82. The van der Waals surface area contributed by atoms with Gasteiger partial charge in [0.1, 0.15) is 0 Å². The number of nitrogens with zero attached hydrogens (tertiary/aromatic N) is 2. The van der Waals surface area contributed by atoms with Gasteiger partial charge in [0.15, 0.2) is 6.61 Å². The quantitative estimate of drug-likeness (QED) is 0.923. The molecule has 0 bridgehead atoms. The summed E-state index contributed by atoms with van der Waals surface area (Å²) in [6.45, 7) is 2.44. The molecule has 1 N–H and O–H groups in total. The van der Waals surface area contributed by atoms with Gasteiger partial charge in [-0.25, -0.2) is 9.78 Å². The summed E-state index contributed by atoms with van der Waals surface area (Å²) in [5.41, 5.74) is 0.635. The van der Waals surface area contributed by atoms with Crippen molar-refractivity contribution in [3.63, 3.8) is 0 Å². The Morgan fingerprint density at radius 3 is 2.78 bits per heavy atom. The highest BCUT2D eigenvalue weighted by molar-refractivity contribution is 5.74. The molecule has 5 nitrogen and oxygen atoms in total. The molecule has 2 amide bonds. The summed E-state index contributed by atoms with van der Waals surface area (Å²) < 4.78 is 40.9. The molecular weight excluding hydrogens is 311 g/mol. The minimum atomic E-state index is -4.41. The first-order valence-corrected chi connectivity index (χ1v) is 7.51. The van der Waals surface area contributed by atoms with E-state index in [-0.39, 0.29) is 18.5 Å². The lowest BCUT2D eigenvalue weighted by Gasteiger charge is -2.30. The number of halogens is 3. The summed E-state index contributed by atoms with van der Waals surface area (Å²) in [5.74, 6) is 0.522. The van der Waals surface area contributed by atoms with Crippen LogP contribution in [0.1, 0.15) is 25.3 Å². The molecule has 128 valence electrons. The van der Waals surface area contributed by atoms with Crippen molar-refractivity contribution in [1.29, 1.82) is 0 Å². The van der Waals surface area contributed by atoms with Gasteiger partial charge in [0.05, 0.1) is 0 Å². The number of ether oxygens (including phenoxy) is 1. The molecule has 1 aliphatic rings. The molecule has 1 aromatic rings. The van der Waals surface area contributed by atoms with Crippen LogP contribution in [0.4, 0.5) is 18.0 Å². The topological polar surface area (TPSA) is 54.5 Å². The number of hydrogen-bond acceptors (Lipinski definition) is 3. The molecule has 23 heavy (non-hydrogen) atoms. The molecule has 0 aromatic carbocycles. The molecule has 8 heteroatoms. The highest BCUT2D eigenvalue weighted by Gasteiger charge is 2.28. The van der Waals surface area contributed by atoms with Crippen molar-refractivity contribution < 1.29 is 22.7 Å². The third kappa shape index (κ3) is 5.96. The van der Waals surface area contributed by atoms with Gasteiger partial charge >= 0.3 is 12.2 Å². The summed E-state index contributed by atoms with van der Waals surface area (Å²) in [6, 6.07) is 2.86. The van der Waals surface area contributed by atoms with Gasteiger partial charge in [0.2, 0.25) is 5.88 Å². The molecule has 1 aliphatic heterocycles. The molecule has 0 spiro atoms. The zero-order valence-electron chi connectivity index (χ0n) is 12.9. The number of carbonyl (C=O) groups is 1. The third-order valence-electron chi connectivity index (χ3n) is 3.70. The number of amides is 2. The number of likely N-dealkylation sites (tertiary alicyclic amines) is 1. The average Bonchev–Trinajstić information content (AvgIpc) is 2.51. The largest absolute Gasteiger partial charge is 0.468 e. The van der Waals surface area contributed by atoms with Crippen LogP contribution in [0.5, 0.6) is 5.88 Å². The van der Waals surface area contributed by atoms with Gasteiger partial charge in [-0.1, -0.05) is 6.92 Å². The highest BCUT2D eigenvalue weighted by Crippen LogP contribution is 2.18. The number of carbonyl (C=O) groups excluding carboxylic acids is 1. The van der Waals surface area contributed by atoms with Crippen molar-refractivity contribution in [3.8, 4) is 5.88 Å². The molecule has 1 aromatic heterocycles. The van der Waals surface area contributed by atoms with Crippen LogP contribution in [0, 0.1) is 5.92 Å². The lowest BCUT2D eigenvalue weighted by Crippen LogP contribution is -2.43. The second-order valence-electron chi connectivity index (χ2n) is 5.73. The molecule has 2 rings (SSSR count). The monoisotopic (exact) mass is 331 g/mol. The predicted molar refractivity (Wildman–Crippen MR) is 78.0 cm³/mol. The van der Waals surface area contributed by atoms with E-state index in [9.17, 15) is 18.0 Å². The Hall–Kier alpha value is -1.99. The summed E-state index contributed by atoms with van der Waals surface area (Å²) in [7, 11) is 0. The van der Waals surface area contributed by atoms with Gasteiger partial charge in [-0.05, 0) is 30.4 Å². The van der Waals surface area contributed by atoms with E-state index < -0.39 is 12.8 Å². The molecule has 0 atom stereocenters. The molecule has 0 saturated carbocycles. The van der Waals surface area contributed by atoms with Crippen molar-refractivity contribution in [3.05, 3.63) is 23.9 Å². The number of urea groups is 1. The second kappa shape index (κ2) is 7.52. The Bertz CT molecular complexity index is 529. The van der Waals surface area contributed by atoms with Gasteiger partial charge < -0.3 is 15.0 Å². The van der Waals surface area contributed by atoms with Gasteiger partial charge in [-0.2, -0.15) is 13.2 Å². The van der Waals surface area contributed by atoms with Crippen molar-refractivity contribution in [2.24, 2.45) is 5.92 Å². The number of alkyl halides is 3. The molecule has 0 radical (unpaired) electrons. The fourth-order valence-corrected chi connectivity index (χ4v) is 2.30. The van der Waals surface area contributed by atoms with Gasteiger partial charge in [0.25, 0.3) is 0 Å². The number of hydrogen-bond donors (Lipinski definition) is 1. The summed E-state index contributed by atoms with van der Waals surface area (Å²) in [4.78, 5) is 17.5. The first-order valence-electron chi connectivity index (χ1n) is 7.51. The molecule has 1 saturated heterocycles. The first-order chi connectivity index (χ1) is 10.8. The smallest absolute Gasteiger partial charge is 0.422 e. The van der Waals surface area contributed by atoms with Crippen molar-refractivity contribution in [1.82, 2.24) is 15.2 Å². The maximum absolute atomic E-state index is 12.1. The molecule has 2 heterocycles. The number of piperidine rings is 1. The molecule has 0 unspecified atom stereocenters. The van der Waals surface area contributed by atoms with E-state index in [2.05, 4.69) is 22.0 Å². The second-order valence-corrected chi connectivity index (χ2v) is 5.73. The predicted octanol–water partition coefficient (Wildman–Crippen LogP) is 2.96. The van der Waals surface area contributed by atoms with Crippen LogP contribution in [0.3, 0.4) is 0 Å². The Kier molecular flexibility index (Phi) is 5.68. The van der Waals surface area contributed by atoms with Crippen LogP contribution >= 0.6 is 0 Å². The zero-order chi connectivity index (χ0) is 16.9. The molecule has 1 fully saturated rings. The Morgan fingerprint density at radius 1 is 1.43 bits per heavy atom. The SMILES string of the molecule is CC1CCN(C(=O)NCc2ccnc(OCC(F)(F)F)c2)CC1. The van der Waals surface area contributed by atoms with E-state index in [0.29, 0.717) is 11.5 Å². The van der Waals surface area contributed by atoms with Gasteiger partial charge in [-0.3, -0.25) is 0 Å². The van der Waals surface area contributed by atoms with Crippen LogP contribution in [0.2, 0.25) is 0 Å². The Morgan fingerprint density at radius 2 is 2.13 bits per heavy atom. The van der Waals surface area contributed by atoms with E-state index in [1.165, 1.54) is 12.3 Å². The Labute approximate surface area is 132 Å². The molecule has 0 aliphatic carbocycles. The van der Waals surface area contributed by atoms with E-state index in [4.69, 9.17) is 0 Å². The summed E-state index contributed by atoms with van der Waals surface area (Å²) >= 11 is 0. The lowest BCUT2D eigenvalue weighted by molar-refractivity contribution is -0.154. The maximum atomic E-state index is 12.1. The summed E-state index contributed by atoms with van der Waals surface area (Å²) in [6.07, 6.45) is -1.08. The first kappa shape index (κ1) is 17.4. The van der Waals surface area contributed by atoms with Crippen LogP contribution in [-0.4, -0.2) is 41.8 Å². The van der Waals surface area contributed by atoms with Crippen LogP contribution in [-0.2, 0) is 6.54 Å². The van der Waals surface area contributed by atoms with Crippen LogP contribution in [0.25, 0.3) is 0 Å². The number of rotatable bonds is 4. The maximum Gasteiger partial charge on any atom is 0.422 e.